The van der Waals surface area contributed by atoms with Gasteiger partial charge >= 0.3 is 0 Å². The molecule has 1 heterocycles. The summed E-state index contributed by atoms with van der Waals surface area (Å²) in [4.78, 5) is 18.2. The number of amides is 1. The lowest BCUT2D eigenvalue weighted by atomic mass is 9.49. The SMILES string of the molecule is COc1ccc(OC)c(CN2CCN(C(=O)C34CC5CC(CC(C5)C3)C4)CC2)c1. The van der Waals surface area contributed by atoms with Crippen LogP contribution in [0.5, 0.6) is 11.5 Å². The lowest BCUT2D eigenvalue weighted by molar-refractivity contribution is -0.159. The lowest BCUT2D eigenvalue weighted by Gasteiger charge is -2.57. The number of piperazine rings is 1. The molecule has 5 heteroatoms. The number of nitrogens with zero attached hydrogens (tertiary/aromatic N) is 2. The number of rotatable bonds is 5. The first-order valence-electron chi connectivity index (χ1n) is 11.3. The van der Waals surface area contributed by atoms with E-state index in [1.807, 2.05) is 12.1 Å². The summed E-state index contributed by atoms with van der Waals surface area (Å²) in [5.41, 5.74) is 1.14. The summed E-state index contributed by atoms with van der Waals surface area (Å²) in [6, 6.07) is 5.97. The Morgan fingerprint density at radius 1 is 0.966 bits per heavy atom. The van der Waals surface area contributed by atoms with Crippen LogP contribution < -0.4 is 9.47 Å². The number of hydrogen-bond acceptors (Lipinski definition) is 4. The summed E-state index contributed by atoms with van der Waals surface area (Å²) in [6.07, 6.45) is 7.67. The van der Waals surface area contributed by atoms with E-state index < -0.39 is 0 Å². The summed E-state index contributed by atoms with van der Waals surface area (Å²) in [5, 5.41) is 0. The zero-order valence-corrected chi connectivity index (χ0v) is 17.9. The quantitative estimate of drug-likeness (QED) is 0.761. The smallest absolute Gasteiger partial charge is 0.228 e. The highest BCUT2D eigenvalue weighted by Crippen LogP contribution is 2.60. The average molecular weight is 399 g/mol. The van der Waals surface area contributed by atoms with E-state index in [9.17, 15) is 4.79 Å². The van der Waals surface area contributed by atoms with Crippen molar-refractivity contribution in [3.63, 3.8) is 0 Å². The summed E-state index contributed by atoms with van der Waals surface area (Å²) < 4.78 is 10.9. The minimum Gasteiger partial charge on any atom is -0.497 e. The Morgan fingerprint density at radius 3 is 2.14 bits per heavy atom. The molecule has 29 heavy (non-hydrogen) atoms. The van der Waals surface area contributed by atoms with Crippen molar-refractivity contribution in [2.75, 3.05) is 40.4 Å². The standard InChI is InChI=1S/C24H34N2O3/c1-28-21-3-4-22(29-2)20(12-21)16-25-5-7-26(8-6-25)23(27)24-13-17-9-18(14-24)11-19(10-17)15-24/h3-4,12,17-19H,5-11,13-16H2,1-2H3. The van der Waals surface area contributed by atoms with Crippen LogP contribution in [0.3, 0.4) is 0 Å². The summed E-state index contributed by atoms with van der Waals surface area (Å²) in [5.74, 6) is 4.72. The van der Waals surface area contributed by atoms with Crippen LogP contribution in [-0.2, 0) is 11.3 Å². The van der Waals surface area contributed by atoms with E-state index >= 15 is 0 Å². The van der Waals surface area contributed by atoms with Gasteiger partial charge in [0.05, 0.1) is 19.6 Å². The van der Waals surface area contributed by atoms with E-state index in [0.29, 0.717) is 5.91 Å². The summed E-state index contributed by atoms with van der Waals surface area (Å²) in [7, 11) is 3.41. The lowest BCUT2D eigenvalue weighted by Crippen LogP contribution is -2.58. The van der Waals surface area contributed by atoms with Gasteiger partial charge in [-0.05, 0) is 74.5 Å². The molecule has 0 N–H and O–H groups in total. The maximum absolute atomic E-state index is 13.6. The zero-order valence-electron chi connectivity index (χ0n) is 17.9. The molecule has 0 spiro atoms. The first kappa shape index (κ1) is 19.2. The molecule has 0 aromatic heterocycles. The van der Waals surface area contributed by atoms with E-state index in [1.165, 1.54) is 38.5 Å². The molecule has 1 amide bonds. The van der Waals surface area contributed by atoms with Crippen LogP contribution in [0.4, 0.5) is 0 Å². The highest BCUT2D eigenvalue weighted by Gasteiger charge is 2.55. The summed E-state index contributed by atoms with van der Waals surface area (Å²) in [6.45, 7) is 4.40. The largest absolute Gasteiger partial charge is 0.497 e. The van der Waals surface area contributed by atoms with Gasteiger partial charge in [-0.2, -0.15) is 0 Å². The van der Waals surface area contributed by atoms with Gasteiger partial charge in [-0.25, -0.2) is 0 Å². The molecule has 158 valence electrons. The van der Waals surface area contributed by atoms with Gasteiger partial charge in [0.25, 0.3) is 0 Å². The van der Waals surface area contributed by atoms with Crippen LogP contribution in [0, 0.1) is 23.2 Å². The maximum atomic E-state index is 13.6. The fraction of sp³-hybridized carbons (Fsp3) is 0.708. The van der Waals surface area contributed by atoms with Crippen molar-refractivity contribution < 1.29 is 14.3 Å². The number of carbonyl (C=O) groups is 1. The van der Waals surface area contributed by atoms with Gasteiger partial charge in [-0.15, -0.1) is 0 Å². The first-order valence-corrected chi connectivity index (χ1v) is 11.3. The molecule has 1 aromatic carbocycles. The number of carbonyl (C=O) groups excluding carboxylic acids is 1. The van der Waals surface area contributed by atoms with Crippen LogP contribution in [-0.4, -0.2) is 56.1 Å². The van der Waals surface area contributed by atoms with Crippen LogP contribution in [0.1, 0.15) is 44.1 Å². The molecular formula is C24H34N2O3. The molecule has 0 atom stereocenters. The van der Waals surface area contributed by atoms with Crippen LogP contribution in [0.25, 0.3) is 0 Å². The molecule has 1 saturated heterocycles. The summed E-state index contributed by atoms with van der Waals surface area (Å²) >= 11 is 0. The first-order chi connectivity index (χ1) is 14.1. The van der Waals surface area contributed by atoms with Crippen molar-refractivity contribution in [2.45, 2.75) is 45.1 Å². The Balaban J connectivity index is 1.22. The topological polar surface area (TPSA) is 42.0 Å². The molecule has 4 aliphatic carbocycles. The Bertz CT molecular complexity index is 734. The molecule has 5 fully saturated rings. The second kappa shape index (κ2) is 7.50. The molecule has 6 rings (SSSR count). The van der Waals surface area contributed by atoms with E-state index in [1.54, 1.807) is 14.2 Å². The predicted octanol–water partition coefficient (Wildman–Crippen LogP) is 3.56. The second-order valence-corrected chi connectivity index (χ2v) is 9.94. The fourth-order valence-corrected chi connectivity index (χ4v) is 7.06. The normalized spacial score (nSPS) is 33.7. The van der Waals surface area contributed by atoms with Gasteiger partial charge in [0.15, 0.2) is 0 Å². The Morgan fingerprint density at radius 2 is 1.59 bits per heavy atom. The predicted molar refractivity (Wildman–Crippen MR) is 112 cm³/mol. The van der Waals surface area contributed by atoms with Gasteiger partial charge in [0, 0.05) is 38.3 Å². The third-order valence-corrected chi connectivity index (χ3v) is 8.03. The average Bonchev–Trinajstić information content (AvgIpc) is 2.73. The highest BCUT2D eigenvalue weighted by atomic mass is 16.5. The highest BCUT2D eigenvalue weighted by molar-refractivity contribution is 5.83. The van der Waals surface area contributed by atoms with Crippen molar-refractivity contribution >= 4 is 5.91 Å². The van der Waals surface area contributed by atoms with Crippen molar-refractivity contribution in [2.24, 2.45) is 23.2 Å². The Hall–Kier alpha value is -1.75. The molecule has 0 radical (unpaired) electrons. The maximum Gasteiger partial charge on any atom is 0.228 e. The van der Waals surface area contributed by atoms with Crippen molar-refractivity contribution in [1.82, 2.24) is 9.80 Å². The number of ether oxygens (including phenoxy) is 2. The van der Waals surface area contributed by atoms with Gasteiger partial charge < -0.3 is 14.4 Å². The third kappa shape index (κ3) is 3.52. The third-order valence-electron chi connectivity index (χ3n) is 8.03. The van der Waals surface area contributed by atoms with Crippen molar-refractivity contribution in [3.8, 4) is 11.5 Å². The molecule has 0 unspecified atom stereocenters. The van der Waals surface area contributed by atoms with Crippen molar-refractivity contribution in [3.05, 3.63) is 23.8 Å². The van der Waals surface area contributed by atoms with E-state index in [2.05, 4.69) is 15.9 Å². The molecule has 1 aromatic rings. The van der Waals surface area contributed by atoms with Gasteiger partial charge in [0.1, 0.15) is 11.5 Å². The number of methoxy groups -OCH3 is 2. The van der Waals surface area contributed by atoms with Crippen molar-refractivity contribution in [1.29, 1.82) is 0 Å². The minimum atomic E-state index is -0.00701. The molecule has 5 nitrogen and oxygen atoms in total. The minimum absolute atomic E-state index is 0.00701. The van der Waals surface area contributed by atoms with Gasteiger partial charge in [-0.3, -0.25) is 9.69 Å². The number of benzene rings is 1. The monoisotopic (exact) mass is 398 g/mol. The second-order valence-electron chi connectivity index (χ2n) is 9.94. The van der Waals surface area contributed by atoms with Gasteiger partial charge in [0.2, 0.25) is 5.91 Å². The Labute approximate surface area is 174 Å². The molecular weight excluding hydrogens is 364 g/mol. The molecule has 1 aliphatic heterocycles. The van der Waals surface area contributed by atoms with E-state index in [4.69, 9.17) is 9.47 Å². The van der Waals surface area contributed by atoms with Crippen LogP contribution in [0.2, 0.25) is 0 Å². The van der Waals surface area contributed by atoms with Gasteiger partial charge in [-0.1, -0.05) is 0 Å². The van der Waals surface area contributed by atoms with Crippen LogP contribution >= 0.6 is 0 Å². The zero-order chi connectivity index (χ0) is 20.0. The Kier molecular flexibility index (Phi) is 4.97. The fourth-order valence-electron chi connectivity index (χ4n) is 7.06. The van der Waals surface area contributed by atoms with E-state index in [-0.39, 0.29) is 5.41 Å². The van der Waals surface area contributed by atoms with E-state index in [0.717, 1.165) is 67.5 Å². The molecule has 4 bridgehead atoms. The van der Waals surface area contributed by atoms with Crippen LogP contribution in [0.15, 0.2) is 18.2 Å². The molecule has 4 saturated carbocycles. The number of hydrogen-bond donors (Lipinski definition) is 0. The molecule has 5 aliphatic rings.